The van der Waals surface area contributed by atoms with Crippen LogP contribution in [-0.2, 0) is 20.9 Å². The van der Waals surface area contributed by atoms with Crippen molar-refractivity contribution in [2.24, 2.45) is 0 Å². The van der Waals surface area contributed by atoms with Gasteiger partial charge in [-0.15, -0.1) is 0 Å². The molecule has 2 aromatic rings. The van der Waals surface area contributed by atoms with E-state index in [9.17, 15) is 14.7 Å². The van der Waals surface area contributed by atoms with Crippen molar-refractivity contribution in [3.8, 4) is 0 Å². The molecule has 8 heteroatoms. The van der Waals surface area contributed by atoms with Gasteiger partial charge in [0.2, 0.25) is 0 Å². The summed E-state index contributed by atoms with van der Waals surface area (Å²) in [6, 6.07) is 13.5. The predicted octanol–water partition coefficient (Wildman–Crippen LogP) is 3.84. The fourth-order valence-electron chi connectivity index (χ4n) is 3.82. The molecule has 2 heterocycles. The summed E-state index contributed by atoms with van der Waals surface area (Å²) in [5, 5.41) is 12.9. The first-order valence-electron chi connectivity index (χ1n) is 10.2. The highest BCUT2D eigenvalue weighted by Gasteiger charge is 2.38. The molecule has 0 fully saturated rings. The molecule has 0 radical (unpaired) electrons. The Kier molecular flexibility index (Phi) is 7.82. The molecule has 0 saturated heterocycles. The van der Waals surface area contributed by atoms with Gasteiger partial charge in [-0.05, 0) is 54.0 Å². The maximum absolute atomic E-state index is 13.1. The number of likely N-dealkylation sites (N-methyl/N-ethyl adjacent to an activating group) is 1. The van der Waals surface area contributed by atoms with Crippen molar-refractivity contribution in [3.05, 3.63) is 86.9 Å². The van der Waals surface area contributed by atoms with Gasteiger partial charge in [-0.1, -0.05) is 36.4 Å². The molecule has 1 unspecified atom stereocenters. The first-order chi connectivity index (χ1) is 15.3. The highest BCUT2D eigenvalue weighted by atomic mass is 79.9. The monoisotopic (exact) mass is 499 g/mol. The lowest BCUT2D eigenvalue weighted by Gasteiger charge is -2.30. The van der Waals surface area contributed by atoms with Crippen LogP contribution in [0.1, 0.15) is 30.9 Å². The van der Waals surface area contributed by atoms with Crippen LogP contribution in [0, 0.1) is 0 Å². The number of ether oxygens (including phenoxy) is 1. The number of nitrogens with zero attached hydrogens (tertiary/aromatic N) is 2. The summed E-state index contributed by atoms with van der Waals surface area (Å²) < 4.78 is 6.07. The molecule has 1 aromatic heterocycles. The normalized spacial score (nSPS) is 16.2. The number of carboxylic acids is 1. The summed E-state index contributed by atoms with van der Waals surface area (Å²) >= 11 is 3.40. The van der Waals surface area contributed by atoms with E-state index in [0.29, 0.717) is 28.1 Å². The lowest BCUT2D eigenvalue weighted by molar-refractivity contribution is -0.139. The van der Waals surface area contributed by atoms with Crippen LogP contribution < -0.4 is 5.32 Å². The topological polar surface area (TPSA) is 91.8 Å². The number of pyridine rings is 1. The van der Waals surface area contributed by atoms with Gasteiger partial charge in [0.25, 0.3) is 0 Å². The van der Waals surface area contributed by atoms with Crippen molar-refractivity contribution in [2.75, 3.05) is 20.2 Å². The lowest BCUT2D eigenvalue weighted by Crippen LogP contribution is -2.33. The number of rotatable bonds is 8. The second-order valence-corrected chi connectivity index (χ2v) is 8.43. The Morgan fingerprint density at radius 2 is 1.81 bits per heavy atom. The summed E-state index contributed by atoms with van der Waals surface area (Å²) in [5.74, 6) is -2.45. The first kappa shape index (κ1) is 23.7. The summed E-state index contributed by atoms with van der Waals surface area (Å²) in [4.78, 5) is 31.5. The number of carbonyl (C=O) groups excluding carboxylic acids is 1. The number of esters is 1. The molecule has 3 rings (SSSR count). The second-order valence-electron chi connectivity index (χ2n) is 7.68. The van der Waals surface area contributed by atoms with Crippen molar-refractivity contribution < 1.29 is 19.4 Å². The SMILES string of the molecule is CC1=C(C(=O)O)C(c2cccnc2Br)C(C(=O)OCCN(C)Cc2ccccc2)=C(C)N1. The summed E-state index contributed by atoms with van der Waals surface area (Å²) in [5.41, 5.74) is 3.18. The fourth-order valence-corrected chi connectivity index (χ4v) is 4.30. The molecule has 0 aliphatic carbocycles. The third kappa shape index (κ3) is 5.44. The summed E-state index contributed by atoms with van der Waals surface area (Å²) in [7, 11) is 1.96. The predicted molar refractivity (Wildman–Crippen MR) is 125 cm³/mol. The van der Waals surface area contributed by atoms with Gasteiger partial charge in [-0.3, -0.25) is 4.90 Å². The molecule has 0 spiro atoms. The Balaban J connectivity index is 1.78. The van der Waals surface area contributed by atoms with Gasteiger partial charge in [-0.25, -0.2) is 14.6 Å². The van der Waals surface area contributed by atoms with E-state index in [2.05, 4.69) is 31.1 Å². The van der Waals surface area contributed by atoms with E-state index >= 15 is 0 Å². The van der Waals surface area contributed by atoms with Gasteiger partial charge < -0.3 is 15.2 Å². The Hall–Kier alpha value is -2.97. The van der Waals surface area contributed by atoms with Crippen molar-refractivity contribution >= 4 is 27.9 Å². The third-order valence-corrected chi connectivity index (χ3v) is 5.97. The first-order valence-corrected chi connectivity index (χ1v) is 11.0. The zero-order valence-corrected chi connectivity index (χ0v) is 19.8. The van der Waals surface area contributed by atoms with E-state index in [1.54, 1.807) is 32.2 Å². The Morgan fingerprint density at radius 1 is 1.12 bits per heavy atom. The van der Waals surface area contributed by atoms with Crippen LogP contribution in [0.3, 0.4) is 0 Å². The minimum Gasteiger partial charge on any atom is -0.478 e. The van der Waals surface area contributed by atoms with Crippen LogP contribution in [0.25, 0.3) is 0 Å². The van der Waals surface area contributed by atoms with Crippen LogP contribution in [0.15, 0.2) is 75.8 Å². The lowest BCUT2D eigenvalue weighted by atomic mass is 9.81. The molecule has 2 N–H and O–H groups in total. The number of carboxylic acid groups (broad SMARTS) is 1. The zero-order valence-electron chi connectivity index (χ0n) is 18.3. The largest absolute Gasteiger partial charge is 0.478 e. The van der Waals surface area contributed by atoms with Crippen molar-refractivity contribution in [2.45, 2.75) is 26.3 Å². The number of aliphatic carboxylic acids is 1. The molecule has 0 amide bonds. The highest BCUT2D eigenvalue weighted by Crippen LogP contribution is 2.40. The molecule has 1 atom stereocenters. The van der Waals surface area contributed by atoms with Crippen molar-refractivity contribution in [1.82, 2.24) is 15.2 Å². The number of benzene rings is 1. The standard InChI is InChI=1S/C24H26BrN3O4/c1-15-19(23(29)30)21(18-10-7-11-26-22(18)25)20(16(2)27-15)24(31)32-13-12-28(3)14-17-8-5-4-6-9-17/h4-11,21,27H,12-14H2,1-3H3,(H,29,30). The summed E-state index contributed by atoms with van der Waals surface area (Å²) in [6.07, 6.45) is 1.60. The molecule has 1 aromatic carbocycles. The third-order valence-electron chi connectivity index (χ3n) is 5.31. The van der Waals surface area contributed by atoms with Gasteiger partial charge in [0.05, 0.1) is 17.1 Å². The minimum absolute atomic E-state index is 0.0949. The molecular formula is C24H26BrN3O4. The van der Waals surface area contributed by atoms with Gasteiger partial charge in [0.15, 0.2) is 0 Å². The highest BCUT2D eigenvalue weighted by molar-refractivity contribution is 9.10. The molecular weight excluding hydrogens is 474 g/mol. The van der Waals surface area contributed by atoms with Crippen LogP contribution in [0.5, 0.6) is 0 Å². The average molecular weight is 500 g/mol. The van der Waals surface area contributed by atoms with Crippen LogP contribution >= 0.6 is 15.9 Å². The number of hydrogen-bond acceptors (Lipinski definition) is 6. The molecule has 0 saturated carbocycles. The number of carbonyl (C=O) groups is 2. The van der Waals surface area contributed by atoms with Gasteiger partial charge in [0, 0.05) is 30.7 Å². The van der Waals surface area contributed by atoms with Gasteiger partial charge >= 0.3 is 11.9 Å². The van der Waals surface area contributed by atoms with Crippen LogP contribution in [-0.4, -0.2) is 47.1 Å². The van der Waals surface area contributed by atoms with Crippen LogP contribution in [0.4, 0.5) is 0 Å². The number of dihydropyridines is 1. The van der Waals surface area contributed by atoms with Crippen molar-refractivity contribution in [1.29, 1.82) is 0 Å². The maximum Gasteiger partial charge on any atom is 0.336 e. The molecule has 1 aliphatic rings. The quantitative estimate of drug-likeness (QED) is 0.421. The zero-order chi connectivity index (χ0) is 23.3. The Morgan fingerprint density at radius 3 is 2.47 bits per heavy atom. The van der Waals surface area contributed by atoms with Gasteiger partial charge in [0.1, 0.15) is 11.2 Å². The van der Waals surface area contributed by atoms with E-state index in [0.717, 1.165) is 6.54 Å². The summed E-state index contributed by atoms with van der Waals surface area (Å²) in [6.45, 7) is 4.90. The Bertz CT molecular complexity index is 1070. The number of halogens is 1. The van der Waals surface area contributed by atoms with E-state index in [1.807, 2.05) is 37.4 Å². The number of nitrogens with one attached hydrogen (secondary N) is 1. The fraction of sp³-hybridized carbons (Fsp3) is 0.292. The molecule has 0 bridgehead atoms. The minimum atomic E-state index is -1.10. The smallest absolute Gasteiger partial charge is 0.336 e. The number of hydrogen-bond donors (Lipinski definition) is 2. The molecule has 32 heavy (non-hydrogen) atoms. The number of allylic oxidation sites excluding steroid dienone is 2. The molecule has 7 nitrogen and oxygen atoms in total. The second kappa shape index (κ2) is 10.6. The van der Waals surface area contributed by atoms with E-state index in [4.69, 9.17) is 4.74 Å². The maximum atomic E-state index is 13.1. The van der Waals surface area contributed by atoms with E-state index in [-0.39, 0.29) is 17.8 Å². The molecule has 168 valence electrons. The average Bonchev–Trinajstić information content (AvgIpc) is 2.73. The van der Waals surface area contributed by atoms with Gasteiger partial charge in [-0.2, -0.15) is 0 Å². The van der Waals surface area contributed by atoms with Crippen molar-refractivity contribution in [3.63, 3.8) is 0 Å². The Labute approximate surface area is 195 Å². The van der Waals surface area contributed by atoms with E-state index < -0.39 is 17.9 Å². The van der Waals surface area contributed by atoms with Crippen LogP contribution in [0.2, 0.25) is 0 Å². The molecule has 1 aliphatic heterocycles. The van der Waals surface area contributed by atoms with E-state index in [1.165, 1.54) is 5.56 Å². The number of aromatic nitrogens is 1.